The van der Waals surface area contributed by atoms with Crippen LogP contribution in [0.25, 0.3) is 27.8 Å². The number of hydrazone groups is 1. The fourth-order valence-corrected chi connectivity index (χ4v) is 4.83. The molecule has 5 rings (SSSR count). The number of aromatic hydroxyl groups is 1. The molecule has 4 aromatic carbocycles. The van der Waals surface area contributed by atoms with Crippen LogP contribution in [0.5, 0.6) is 17.2 Å². The van der Waals surface area contributed by atoms with Crippen LogP contribution in [0.15, 0.2) is 95.2 Å². The molecular weight excluding hydrogens is 514 g/mol. The zero-order chi connectivity index (χ0) is 27.2. The van der Waals surface area contributed by atoms with E-state index in [1.807, 2.05) is 83.4 Å². The van der Waals surface area contributed by atoms with Crippen molar-refractivity contribution in [2.75, 3.05) is 20.0 Å². The molecule has 0 atom stereocenters. The number of hydrogen-bond donors (Lipinski definition) is 2. The first-order valence-electron chi connectivity index (χ1n) is 12.0. The van der Waals surface area contributed by atoms with E-state index in [0.29, 0.717) is 28.0 Å². The van der Waals surface area contributed by atoms with Crippen molar-refractivity contribution >= 4 is 34.7 Å². The van der Waals surface area contributed by atoms with Gasteiger partial charge < -0.3 is 14.6 Å². The van der Waals surface area contributed by atoms with E-state index in [4.69, 9.17) is 9.47 Å². The second-order valence-corrected chi connectivity index (χ2v) is 9.29. The summed E-state index contributed by atoms with van der Waals surface area (Å²) in [5.41, 5.74) is 4.69. The summed E-state index contributed by atoms with van der Waals surface area (Å²) in [6.07, 6.45) is 1.45. The van der Waals surface area contributed by atoms with E-state index in [-0.39, 0.29) is 17.4 Å². The van der Waals surface area contributed by atoms with Crippen LogP contribution in [-0.4, -0.2) is 52.0 Å². The van der Waals surface area contributed by atoms with Crippen LogP contribution in [0.1, 0.15) is 5.56 Å². The molecule has 196 valence electrons. The van der Waals surface area contributed by atoms with Crippen molar-refractivity contribution in [2.45, 2.75) is 5.16 Å². The number of phenols is 1. The Morgan fingerprint density at radius 1 is 0.974 bits per heavy atom. The van der Waals surface area contributed by atoms with Crippen molar-refractivity contribution in [3.8, 4) is 34.3 Å². The molecule has 0 bridgehead atoms. The van der Waals surface area contributed by atoms with Gasteiger partial charge in [0.2, 0.25) is 0 Å². The second kappa shape index (κ2) is 11.7. The van der Waals surface area contributed by atoms with E-state index < -0.39 is 0 Å². The van der Waals surface area contributed by atoms with Crippen molar-refractivity contribution in [3.05, 3.63) is 90.5 Å². The molecule has 2 N–H and O–H groups in total. The van der Waals surface area contributed by atoms with E-state index in [9.17, 15) is 9.90 Å². The van der Waals surface area contributed by atoms with Gasteiger partial charge in [0.1, 0.15) is 5.75 Å². The van der Waals surface area contributed by atoms with E-state index in [1.54, 1.807) is 20.3 Å². The van der Waals surface area contributed by atoms with Crippen LogP contribution in [0.2, 0.25) is 0 Å². The molecule has 1 aromatic heterocycles. The number of fused-ring (bicyclic) bond motifs is 1. The summed E-state index contributed by atoms with van der Waals surface area (Å²) in [6, 6.07) is 26.3. The lowest BCUT2D eigenvalue weighted by Gasteiger charge is -2.12. The van der Waals surface area contributed by atoms with Crippen LogP contribution >= 0.6 is 11.8 Å². The van der Waals surface area contributed by atoms with Gasteiger partial charge in [0.15, 0.2) is 22.5 Å². The molecule has 0 radical (unpaired) electrons. The molecule has 0 aliphatic heterocycles. The Bertz CT molecular complexity index is 1650. The third-order valence-electron chi connectivity index (χ3n) is 5.95. The molecular formula is C29H25N5O4S. The third kappa shape index (κ3) is 5.55. The molecule has 0 unspecified atom stereocenters. The molecule has 0 aliphatic rings. The number of nitrogens with one attached hydrogen (secondary N) is 1. The average molecular weight is 540 g/mol. The third-order valence-corrected chi connectivity index (χ3v) is 6.88. The highest BCUT2D eigenvalue weighted by Crippen LogP contribution is 2.34. The summed E-state index contributed by atoms with van der Waals surface area (Å²) in [7, 11) is 3.16. The fraction of sp³-hybridized carbons (Fsp3) is 0.103. The van der Waals surface area contributed by atoms with Crippen LogP contribution in [0.3, 0.4) is 0 Å². The van der Waals surface area contributed by atoms with Gasteiger partial charge in [-0.05, 0) is 47.2 Å². The number of nitrogens with zero attached hydrogens (tertiary/aromatic N) is 4. The zero-order valence-corrected chi connectivity index (χ0v) is 22.1. The maximum absolute atomic E-state index is 12.6. The molecule has 0 aliphatic carbocycles. The van der Waals surface area contributed by atoms with Crippen molar-refractivity contribution < 1.29 is 19.4 Å². The predicted molar refractivity (Wildman–Crippen MR) is 152 cm³/mol. The smallest absolute Gasteiger partial charge is 0.250 e. The number of rotatable bonds is 9. The fourth-order valence-electron chi connectivity index (χ4n) is 4.09. The van der Waals surface area contributed by atoms with Crippen molar-refractivity contribution in [3.63, 3.8) is 0 Å². The lowest BCUT2D eigenvalue weighted by atomic mass is 10.0. The number of para-hydroxylation sites is 1. The molecule has 1 heterocycles. The lowest BCUT2D eigenvalue weighted by Crippen LogP contribution is -2.20. The van der Waals surface area contributed by atoms with Gasteiger partial charge in [0, 0.05) is 16.8 Å². The largest absolute Gasteiger partial charge is 0.507 e. The van der Waals surface area contributed by atoms with Gasteiger partial charge in [-0.2, -0.15) is 5.10 Å². The molecule has 0 spiro atoms. The monoisotopic (exact) mass is 539 g/mol. The minimum absolute atomic E-state index is 0.0513. The Labute approximate surface area is 229 Å². The molecule has 1 amide bonds. The Morgan fingerprint density at radius 2 is 1.74 bits per heavy atom. The van der Waals surface area contributed by atoms with Crippen molar-refractivity contribution in [1.82, 2.24) is 20.2 Å². The molecule has 0 fully saturated rings. The predicted octanol–water partition coefficient (Wildman–Crippen LogP) is 5.05. The average Bonchev–Trinajstić information content (AvgIpc) is 3.41. The summed E-state index contributed by atoms with van der Waals surface area (Å²) in [4.78, 5) is 12.6. The maximum atomic E-state index is 12.6. The topological polar surface area (TPSA) is 111 Å². The summed E-state index contributed by atoms with van der Waals surface area (Å²) in [5.74, 6) is 1.58. The number of thioether (sulfide) groups is 1. The number of aromatic nitrogens is 3. The number of benzene rings is 4. The highest BCUT2D eigenvalue weighted by atomic mass is 32.2. The number of amides is 1. The van der Waals surface area contributed by atoms with E-state index >= 15 is 0 Å². The number of carbonyl (C=O) groups excluding carboxylic acids is 1. The normalized spacial score (nSPS) is 11.1. The summed E-state index contributed by atoms with van der Waals surface area (Å²) in [6.45, 7) is 0. The van der Waals surface area contributed by atoms with Crippen LogP contribution in [0, 0.1) is 0 Å². The highest BCUT2D eigenvalue weighted by molar-refractivity contribution is 7.99. The van der Waals surface area contributed by atoms with E-state index in [0.717, 1.165) is 22.0 Å². The number of carbonyl (C=O) groups is 1. The molecule has 9 nitrogen and oxygen atoms in total. The van der Waals surface area contributed by atoms with Crippen LogP contribution < -0.4 is 14.9 Å². The van der Waals surface area contributed by atoms with Crippen LogP contribution in [-0.2, 0) is 4.79 Å². The maximum Gasteiger partial charge on any atom is 0.250 e. The Kier molecular flexibility index (Phi) is 7.74. The van der Waals surface area contributed by atoms with Gasteiger partial charge in [-0.1, -0.05) is 60.3 Å². The quantitative estimate of drug-likeness (QED) is 0.153. The summed E-state index contributed by atoms with van der Waals surface area (Å²) >= 11 is 1.23. The van der Waals surface area contributed by atoms with Crippen molar-refractivity contribution in [1.29, 1.82) is 0 Å². The van der Waals surface area contributed by atoms with Gasteiger partial charge in [-0.15, -0.1) is 10.2 Å². The SMILES string of the molecule is COc1ccc(-c2nnc(SCC(=O)N/N=C/c3c(O)ccc4ccccc34)n2-c2ccccc2)cc1OC. The second-order valence-electron chi connectivity index (χ2n) is 8.35. The number of hydrogen-bond acceptors (Lipinski definition) is 8. The van der Waals surface area contributed by atoms with Gasteiger partial charge >= 0.3 is 0 Å². The van der Waals surface area contributed by atoms with Gasteiger partial charge in [0.25, 0.3) is 5.91 Å². The standard InChI is InChI=1S/C29H25N5O4S/c1-37-25-15-13-20(16-26(25)38-2)28-32-33-29(34(28)21-9-4-3-5-10-21)39-18-27(36)31-30-17-23-22-11-7-6-8-19(22)12-14-24(23)35/h3-17,35H,18H2,1-2H3,(H,31,36)/b30-17+. The first-order chi connectivity index (χ1) is 19.1. The Balaban J connectivity index is 1.35. The number of phenolic OH excluding ortho intramolecular Hbond substituents is 1. The lowest BCUT2D eigenvalue weighted by molar-refractivity contribution is -0.118. The molecule has 39 heavy (non-hydrogen) atoms. The summed E-state index contributed by atoms with van der Waals surface area (Å²) < 4.78 is 12.7. The zero-order valence-electron chi connectivity index (χ0n) is 21.2. The molecule has 10 heteroatoms. The van der Waals surface area contributed by atoms with E-state index in [2.05, 4.69) is 20.7 Å². The first kappa shape index (κ1) is 25.8. The summed E-state index contributed by atoms with van der Waals surface area (Å²) in [5, 5.41) is 25.5. The van der Waals surface area contributed by atoms with Gasteiger partial charge in [0.05, 0.1) is 26.2 Å². The first-order valence-corrected chi connectivity index (χ1v) is 13.0. The van der Waals surface area contributed by atoms with Gasteiger partial charge in [-0.25, -0.2) is 5.43 Å². The molecule has 0 saturated carbocycles. The minimum atomic E-state index is -0.328. The number of ether oxygens (including phenoxy) is 2. The minimum Gasteiger partial charge on any atom is -0.507 e. The number of methoxy groups -OCH3 is 2. The van der Waals surface area contributed by atoms with Crippen LogP contribution in [0.4, 0.5) is 0 Å². The van der Waals surface area contributed by atoms with Gasteiger partial charge in [-0.3, -0.25) is 9.36 Å². The van der Waals surface area contributed by atoms with E-state index in [1.165, 1.54) is 18.0 Å². The Morgan fingerprint density at radius 3 is 2.54 bits per heavy atom. The Hall–Kier alpha value is -4.83. The highest BCUT2D eigenvalue weighted by Gasteiger charge is 2.19. The van der Waals surface area contributed by atoms with Crippen molar-refractivity contribution in [2.24, 2.45) is 5.10 Å². The molecule has 5 aromatic rings. The molecule has 0 saturated heterocycles.